The smallest absolute Gasteiger partial charge is 0.135 e. The topological polar surface area (TPSA) is 87.6 Å². The molecule has 0 aliphatic heterocycles. The van der Waals surface area contributed by atoms with Crippen LogP contribution in [0.1, 0.15) is 62.0 Å². The van der Waals surface area contributed by atoms with Crippen molar-refractivity contribution in [2.45, 2.75) is 70.8 Å². The third-order valence-electron chi connectivity index (χ3n) is 7.59. The highest BCUT2D eigenvalue weighted by atomic mass is 19.1. The van der Waals surface area contributed by atoms with E-state index in [1.807, 2.05) is 20.0 Å². The van der Waals surface area contributed by atoms with E-state index >= 15 is 8.78 Å². The highest BCUT2D eigenvalue weighted by Gasteiger charge is 2.35. The van der Waals surface area contributed by atoms with Crippen LogP contribution in [-0.4, -0.2) is 44.9 Å². The Bertz CT molecular complexity index is 1420. The molecule has 1 aromatic carbocycles. The van der Waals surface area contributed by atoms with E-state index in [-0.39, 0.29) is 42.0 Å². The van der Waals surface area contributed by atoms with Gasteiger partial charge in [0, 0.05) is 32.0 Å². The number of nitrogens with zero attached hydrogens (tertiary/aromatic N) is 4. The summed E-state index contributed by atoms with van der Waals surface area (Å²) in [5, 5.41) is 4.60. The summed E-state index contributed by atoms with van der Waals surface area (Å²) in [4.78, 5) is 8.96. The first-order valence-electron chi connectivity index (χ1n) is 13.4. The molecule has 0 saturated heterocycles. The second kappa shape index (κ2) is 11.5. The quantitative estimate of drug-likeness (QED) is 0.323. The van der Waals surface area contributed by atoms with Crippen molar-refractivity contribution in [3.8, 4) is 11.3 Å². The number of imidazole rings is 1. The van der Waals surface area contributed by atoms with Gasteiger partial charge in [-0.25, -0.2) is 18.3 Å². The van der Waals surface area contributed by atoms with Crippen molar-refractivity contribution in [3.05, 3.63) is 83.1 Å². The molecule has 0 amide bonds. The Morgan fingerprint density at radius 2 is 1.87 bits per heavy atom. The Hall–Kier alpha value is -3.27. The number of fused-ring (bicyclic) bond motifs is 1. The van der Waals surface area contributed by atoms with E-state index in [0.29, 0.717) is 23.7 Å². The Labute approximate surface area is 227 Å². The van der Waals surface area contributed by atoms with Crippen LogP contribution in [0.15, 0.2) is 48.9 Å². The fraction of sp³-hybridized carbons (Fsp3) is 0.433. The number of hydrogen-bond acceptors (Lipinski definition) is 6. The molecule has 5 rings (SSSR count). The molecule has 39 heavy (non-hydrogen) atoms. The number of benzene rings is 1. The van der Waals surface area contributed by atoms with Gasteiger partial charge < -0.3 is 15.2 Å². The summed E-state index contributed by atoms with van der Waals surface area (Å²) in [6.07, 6.45) is 7.63. The summed E-state index contributed by atoms with van der Waals surface area (Å²) in [7, 11) is 1.72. The summed E-state index contributed by atoms with van der Waals surface area (Å²) in [5.74, 6) is -0.105. The lowest BCUT2D eigenvalue weighted by atomic mass is 9.74. The zero-order valence-electron chi connectivity index (χ0n) is 22.8. The molecule has 0 bridgehead atoms. The van der Waals surface area contributed by atoms with Gasteiger partial charge in [0.1, 0.15) is 17.5 Å². The monoisotopic (exact) mass is 535 g/mol. The molecule has 3 aromatic heterocycles. The Kier molecular flexibility index (Phi) is 8.02. The Morgan fingerprint density at radius 3 is 2.56 bits per heavy atom. The van der Waals surface area contributed by atoms with Crippen LogP contribution in [0.25, 0.3) is 16.8 Å². The van der Waals surface area contributed by atoms with Crippen LogP contribution >= 0.6 is 0 Å². The van der Waals surface area contributed by atoms with Crippen LogP contribution in [0.2, 0.25) is 0 Å². The summed E-state index contributed by atoms with van der Waals surface area (Å²) in [6.45, 7) is 6.06. The van der Waals surface area contributed by atoms with Gasteiger partial charge in [-0.2, -0.15) is 5.10 Å². The van der Waals surface area contributed by atoms with Crippen LogP contribution in [0, 0.1) is 17.6 Å². The maximum absolute atomic E-state index is 15.1. The molecule has 1 aliphatic carbocycles. The summed E-state index contributed by atoms with van der Waals surface area (Å²) in [6, 6.07) is 7.98. The molecule has 0 unspecified atom stereocenters. The third kappa shape index (κ3) is 5.71. The molecule has 0 radical (unpaired) electrons. The number of ether oxygens (including phenoxy) is 2. The first-order valence-corrected chi connectivity index (χ1v) is 13.4. The lowest BCUT2D eigenvalue weighted by Crippen LogP contribution is -2.45. The van der Waals surface area contributed by atoms with Gasteiger partial charge in [0.2, 0.25) is 0 Å². The van der Waals surface area contributed by atoms with Gasteiger partial charge in [-0.3, -0.25) is 4.98 Å². The van der Waals surface area contributed by atoms with Crippen LogP contribution in [-0.2, 0) is 22.5 Å². The SMILES string of the molecule is CO[C@@H]1[C@H](N)C[C@H](c2ccncc2Cc2ncc3ccc(-c4c(F)cc(COC(C)C)cc4F)nn23)C[C@@H]1C. The third-order valence-corrected chi connectivity index (χ3v) is 7.59. The maximum atomic E-state index is 15.1. The van der Waals surface area contributed by atoms with E-state index in [0.717, 1.165) is 23.9 Å². The molecular formula is C30H35F2N5O2. The minimum absolute atomic E-state index is 0.0413. The van der Waals surface area contributed by atoms with Crippen molar-refractivity contribution in [3.63, 3.8) is 0 Å². The van der Waals surface area contributed by atoms with Crippen molar-refractivity contribution < 1.29 is 18.3 Å². The van der Waals surface area contributed by atoms with Gasteiger partial charge in [-0.05, 0) is 85.5 Å². The number of halogens is 2. The second-order valence-corrected chi connectivity index (χ2v) is 10.8. The van der Waals surface area contributed by atoms with Crippen molar-refractivity contribution >= 4 is 5.52 Å². The zero-order valence-corrected chi connectivity index (χ0v) is 22.8. The van der Waals surface area contributed by atoms with Crippen molar-refractivity contribution in [1.29, 1.82) is 0 Å². The van der Waals surface area contributed by atoms with Crippen molar-refractivity contribution in [2.24, 2.45) is 11.7 Å². The fourth-order valence-corrected chi connectivity index (χ4v) is 5.78. The number of hydrogen-bond donors (Lipinski definition) is 1. The fourth-order valence-electron chi connectivity index (χ4n) is 5.78. The van der Waals surface area contributed by atoms with Gasteiger partial charge in [0.15, 0.2) is 0 Å². The highest BCUT2D eigenvalue weighted by molar-refractivity contribution is 5.63. The lowest BCUT2D eigenvalue weighted by Gasteiger charge is -2.38. The molecule has 206 valence electrons. The predicted octanol–water partition coefficient (Wildman–Crippen LogP) is 5.44. The zero-order chi connectivity index (χ0) is 27.7. The average molecular weight is 536 g/mol. The van der Waals surface area contributed by atoms with Crippen LogP contribution < -0.4 is 5.73 Å². The van der Waals surface area contributed by atoms with E-state index in [2.05, 4.69) is 28.1 Å². The molecule has 4 aromatic rings. The van der Waals surface area contributed by atoms with E-state index in [4.69, 9.17) is 15.2 Å². The highest BCUT2D eigenvalue weighted by Crippen LogP contribution is 2.38. The Morgan fingerprint density at radius 1 is 1.10 bits per heavy atom. The standard InChI is InChI=1S/C30H35F2N5O2/c1-17(2)39-16-19-10-24(31)29(25(32)11-19)27-6-5-22-15-35-28(37(22)36-27)13-21-14-34-8-7-23(21)20-9-18(3)30(38-4)26(33)12-20/h5-8,10-11,14-15,17-18,20,26,30H,9,12-13,16,33H2,1-4H3/t18-,20+,26+,30-/m0/s1. The maximum Gasteiger partial charge on any atom is 0.135 e. The average Bonchev–Trinajstić information content (AvgIpc) is 3.29. The largest absolute Gasteiger partial charge is 0.380 e. The van der Waals surface area contributed by atoms with Gasteiger partial charge >= 0.3 is 0 Å². The Balaban J connectivity index is 1.45. The molecule has 9 heteroatoms. The van der Waals surface area contributed by atoms with Crippen molar-refractivity contribution in [2.75, 3.05) is 7.11 Å². The number of pyridine rings is 1. The molecule has 1 aliphatic rings. The van der Waals surface area contributed by atoms with Crippen LogP contribution in [0.5, 0.6) is 0 Å². The van der Waals surface area contributed by atoms with Crippen LogP contribution in [0.3, 0.4) is 0 Å². The van der Waals surface area contributed by atoms with Gasteiger partial charge in [-0.1, -0.05) is 6.92 Å². The molecule has 1 saturated carbocycles. The molecule has 4 atom stereocenters. The van der Waals surface area contributed by atoms with E-state index in [9.17, 15) is 0 Å². The van der Waals surface area contributed by atoms with Gasteiger partial charge in [-0.15, -0.1) is 0 Å². The molecule has 2 N–H and O–H groups in total. The number of nitrogens with two attached hydrogens (primary N) is 1. The molecule has 7 nitrogen and oxygen atoms in total. The van der Waals surface area contributed by atoms with Crippen LogP contribution in [0.4, 0.5) is 8.78 Å². The minimum atomic E-state index is -0.683. The van der Waals surface area contributed by atoms with E-state index < -0.39 is 11.6 Å². The van der Waals surface area contributed by atoms with E-state index in [1.165, 1.54) is 17.7 Å². The number of aromatic nitrogens is 4. The minimum Gasteiger partial charge on any atom is -0.380 e. The first-order chi connectivity index (χ1) is 18.7. The summed E-state index contributed by atoms with van der Waals surface area (Å²) < 4.78 is 43.0. The number of rotatable bonds is 8. The van der Waals surface area contributed by atoms with Gasteiger partial charge in [0.25, 0.3) is 0 Å². The summed E-state index contributed by atoms with van der Waals surface area (Å²) >= 11 is 0. The molecular weight excluding hydrogens is 500 g/mol. The number of methoxy groups -OCH3 is 1. The lowest BCUT2D eigenvalue weighted by molar-refractivity contribution is 0.00970. The van der Waals surface area contributed by atoms with Crippen molar-refractivity contribution in [1.82, 2.24) is 19.6 Å². The van der Waals surface area contributed by atoms with E-state index in [1.54, 1.807) is 36.2 Å². The summed E-state index contributed by atoms with van der Waals surface area (Å²) in [5.41, 5.74) is 9.87. The second-order valence-electron chi connectivity index (χ2n) is 10.8. The van der Waals surface area contributed by atoms with Gasteiger partial charge in [0.05, 0.1) is 41.8 Å². The first kappa shape index (κ1) is 27.3. The molecule has 3 heterocycles. The predicted molar refractivity (Wildman–Crippen MR) is 145 cm³/mol. The molecule has 1 fully saturated rings. The molecule has 0 spiro atoms. The normalized spacial score (nSPS) is 21.6.